The monoisotopic (exact) mass is 683 g/mol. The van der Waals surface area contributed by atoms with Crippen molar-refractivity contribution in [3.05, 3.63) is 0 Å². The van der Waals surface area contributed by atoms with E-state index in [1.165, 1.54) is 11.8 Å². The first-order chi connectivity index (χ1) is 22.3. The molecule has 5 amide bonds. The molecule has 1 fully saturated rings. The van der Waals surface area contributed by atoms with Gasteiger partial charge in [0.25, 0.3) is 0 Å². The molecule has 0 bridgehead atoms. The molecule has 0 aromatic heterocycles. The first-order valence-corrected chi connectivity index (χ1v) is 16.3. The molecule has 1 aliphatic rings. The lowest BCUT2D eigenvalue weighted by atomic mass is 9.92. The van der Waals surface area contributed by atoms with Crippen molar-refractivity contribution in [3.8, 4) is 0 Å². The minimum absolute atomic E-state index is 0.0488. The highest BCUT2D eigenvalue weighted by Crippen LogP contribution is 2.25. The fourth-order valence-electron chi connectivity index (χ4n) is 4.95. The van der Waals surface area contributed by atoms with E-state index in [4.69, 9.17) is 28.0 Å². The van der Waals surface area contributed by atoms with Crippen LogP contribution in [-0.4, -0.2) is 115 Å². The zero-order valence-electron chi connectivity index (χ0n) is 26.9. The fraction of sp³-hybridized carbons (Fsp3) is 0.714. The lowest BCUT2D eigenvalue weighted by molar-refractivity contribution is -0.136. The highest BCUT2D eigenvalue weighted by molar-refractivity contribution is 7.80. The number of guanidine groups is 2. The fourth-order valence-corrected chi connectivity index (χ4v) is 5.12. The molecule has 0 aromatic carbocycles. The molecule has 1 saturated carbocycles. The minimum Gasteiger partial charge on any atom is -0.370 e. The molecule has 1 rings (SSSR count). The Morgan fingerprint density at radius 2 is 1.45 bits per heavy atom. The summed E-state index contributed by atoms with van der Waals surface area (Å²) in [7, 11) is 0. The molecular weight excluding hydrogens is 632 g/mol. The second-order valence-corrected chi connectivity index (χ2v) is 11.6. The third-order valence-corrected chi connectivity index (χ3v) is 7.85. The molecule has 18 nitrogen and oxygen atoms in total. The molecule has 0 heterocycles. The van der Waals surface area contributed by atoms with E-state index < -0.39 is 66.8 Å². The van der Waals surface area contributed by atoms with E-state index in [9.17, 15) is 28.8 Å². The van der Waals surface area contributed by atoms with E-state index in [2.05, 4.69) is 44.5 Å². The predicted octanol–water partition coefficient (Wildman–Crippen LogP) is -3.37. The highest BCUT2D eigenvalue weighted by Gasteiger charge is 2.32. The number of nitrogens with two attached hydrogens (primary N) is 3. The molecule has 19 heteroatoms. The Balaban J connectivity index is 2.70. The third-order valence-electron chi connectivity index (χ3n) is 7.46. The van der Waals surface area contributed by atoms with Crippen LogP contribution in [0.1, 0.15) is 64.7 Å². The molecule has 0 aromatic rings. The van der Waals surface area contributed by atoms with Gasteiger partial charge >= 0.3 is 0 Å². The first kappa shape index (κ1) is 40.9. The van der Waals surface area contributed by atoms with E-state index >= 15 is 0 Å². The van der Waals surface area contributed by atoms with Crippen molar-refractivity contribution in [3.63, 3.8) is 0 Å². The molecular formula is C28H51N12O6S. The smallest absolute Gasteiger partial charge is 0.243 e. The summed E-state index contributed by atoms with van der Waals surface area (Å²) in [5.41, 5.74) is 16.3. The Hall–Kier alpha value is -4.13. The summed E-state index contributed by atoms with van der Waals surface area (Å²) in [5, 5.41) is 29.6. The Bertz CT molecular complexity index is 1090. The molecule has 4 atom stereocenters. The quantitative estimate of drug-likeness (QED) is 0.0245. The van der Waals surface area contributed by atoms with Crippen molar-refractivity contribution >= 4 is 60.4 Å². The van der Waals surface area contributed by atoms with Crippen LogP contribution in [0.15, 0.2) is 0 Å². The summed E-state index contributed by atoms with van der Waals surface area (Å²) in [4.78, 5) is 77.0. The molecule has 265 valence electrons. The van der Waals surface area contributed by atoms with E-state index in [1.54, 1.807) is 0 Å². The molecule has 0 saturated heterocycles. The maximum absolute atomic E-state index is 13.3. The topological polar surface area (TPSA) is 304 Å². The molecule has 14 N–H and O–H groups in total. The predicted molar refractivity (Wildman–Crippen MR) is 179 cm³/mol. The number of hydrogen-bond acceptors (Lipinski definition) is 10. The van der Waals surface area contributed by atoms with Crippen LogP contribution >= 0.6 is 12.6 Å². The van der Waals surface area contributed by atoms with Crippen LogP contribution in [0.3, 0.4) is 0 Å². The highest BCUT2D eigenvalue weighted by atomic mass is 32.1. The van der Waals surface area contributed by atoms with Gasteiger partial charge in [-0.3, -0.25) is 39.6 Å². The van der Waals surface area contributed by atoms with Crippen LogP contribution < -0.4 is 49.1 Å². The Morgan fingerprint density at radius 3 is 2.00 bits per heavy atom. The average Bonchev–Trinajstić information content (AvgIpc) is 3.04. The van der Waals surface area contributed by atoms with Crippen LogP contribution in [0, 0.1) is 10.8 Å². The summed E-state index contributed by atoms with van der Waals surface area (Å²) in [6.45, 7) is 1.15. The lowest BCUT2D eigenvalue weighted by Crippen LogP contribution is -2.56. The number of nitrogens with zero attached hydrogens (tertiary/aromatic N) is 1. The number of amides is 5. The van der Waals surface area contributed by atoms with Crippen LogP contribution in [0.5, 0.6) is 0 Å². The summed E-state index contributed by atoms with van der Waals surface area (Å²) in [6, 6.07) is -4.09. The first-order valence-electron chi connectivity index (χ1n) is 15.7. The number of thiol groups is 1. The summed E-state index contributed by atoms with van der Waals surface area (Å²) in [6.07, 6.45) is 7.54. The van der Waals surface area contributed by atoms with Crippen LogP contribution in [0.2, 0.25) is 0 Å². The maximum atomic E-state index is 13.3. The zero-order chi connectivity index (χ0) is 35.4. The van der Waals surface area contributed by atoms with Gasteiger partial charge in [0.05, 0.1) is 25.2 Å². The largest absolute Gasteiger partial charge is 0.370 e. The molecule has 47 heavy (non-hydrogen) atoms. The number of nitrogens with one attached hydrogen (secondary N) is 8. The van der Waals surface area contributed by atoms with E-state index in [-0.39, 0.29) is 36.7 Å². The molecule has 1 radical (unpaired) electrons. The summed E-state index contributed by atoms with van der Waals surface area (Å²) >= 11 is 3.99. The van der Waals surface area contributed by atoms with Gasteiger partial charge in [-0.25, -0.2) is 0 Å². The van der Waals surface area contributed by atoms with Gasteiger partial charge in [0.2, 0.25) is 35.8 Å². The summed E-state index contributed by atoms with van der Waals surface area (Å²) < 4.78 is 0. The molecule has 0 aliphatic heterocycles. The van der Waals surface area contributed by atoms with Crippen LogP contribution in [0.25, 0.3) is 0 Å². The minimum atomic E-state index is -1.09. The number of carbonyl (C=O) groups excluding carboxylic acids is 6. The van der Waals surface area contributed by atoms with Gasteiger partial charge in [-0.05, 0) is 45.4 Å². The van der Waals surface area contributed by atoms with E-state index in [0.717, 1.165) is 32.1 Å². The Morgan fingerprint density at radius 1 is 0.851 bits per heavy atom. The van der Waals surface area contributed by atoms with Crippen molar-refractivity contribution in [2.75, 3.05) is 31.9 Å². The van der Waals surface area contributed by atoms with Crippen LogP contribution in [0.4, 0.5) is 0 Å². The number of carbonyl (C=O) groups is 5. The van der Waals surface area contributed by atoms with Crippen molar-refractivity contribution < 1.29 is 28.8 Å². The second-order valence-electron chi connectivity index (χ2n) is 11.3. The third kappa shape index (κ3) is 16.3. The van der Waals surface area contributed by atoms with Crippen molar-refractivity contribution in [2.45, 2.75) is 94.9 Å². The lowest BCUT2D eigenvalue weighted by Gasteiger charge is -2.38. The van der Waals surface area contributed by atoms with Crippen molar-refractivity contribution in [1.29, 1.82) is 10.8 Å². The second kappa shape index (κ2) is 22.4. The molecule has 1 aliphatic carbocycles. The van der Waals surface area contributed by atoms with Gasteiger partial charge in [0, 0.05) is 24.9 Å². The van der Waals surface area contributed by atoms with E-state index in [0.29, 0.717) is 25.8 Å². The standard InChI is InChI=1S/C28H51N12O6S/c1-17(38-26(46)21(10-6-12-35-28(32)33)39-25(45)20(29)16-47)24(44)37-13-22(42)36-14-23(43)40(18-7-3-2-4-8-18)19(15-41)9-5-11-34-27(30)31/h17-21,47H,2-14,16,29H2,1H3,(H,36,42)(H,37,44)(H,38,46)(H,39,45)(H4,30,31,34)(H4,32,33,35)/t17-,19-,20-,21-/m0/s1. The number of hydrogen-bond donors (Lipinski definition) is 12. The van der Waals surface area contributed by atoms with Crippen molar-refractivity contribution in [2.24, 2.45) is 17.2 Å². The SMILES string of the molecule is C[C@H](NC(=O)[C@H](CCCNC(=N)N)NC(=O)[C@@H](N)CS)C(=O)NCC(=O)NCC(=O)N(C1CCCCC1)[C@H]([C]=O)CCCNC(=N)N. The van der Waals surface area contributed by atoms with Gasteiger partial charge in [0.1, 0.15) is 12.1 Å². The average molecular weight is 684 g/mol. The molecule has 0 spiro atoms. The Kier molecular flexibility index (Phi) is 19.5. The van der Waals surface area contributed by atoms with Crippen LogP contribution in [-0.2, 0) is 28.8 Å². The maximum Gasteiger partial charge on any atom is 0.243 e. The summed E-state index contributed by atoms with van der Waals surface area (Å²) in [5.74, 6) is -3.45. The normalized spacial score (nSPS) is 15.5. The zero-order valence-corrected chi connectivity index (χ0v) is 27.8. The Labute approximate surface area is 280 Å². The molecule has 0 unspecified atom stereocenters. The van der Waals surface area contributed by atoms with Gasteiger partial charge < -0.3 is 54.0 Å². The number of rotatable bonds is 21. The van der Waals surface area contributed by atoms with Gasteiger partial charge in [-0.2, -0.15) is 12.6 Å². The van der Waals surface area contributed by atoms with Crippen molar-refractivity contribution in [1.82, 2.24) is 36.8 Å². The van der Waals surface area contributed by atoms with Gasteiger partial charge in [-0.15, -0.1) is 0 Å². The van der Waals surface area contributed by atoms with E-state index in [1.807, 2.05) is 6.29 Å². The van der Waals surface area contributed by atoms with Gasteiger partial charge in [0.15, 0.2) is 11.9 Å². The van der Waals surface area contributed by atoms with Gasteiger partial charge in [-0.1, -0.05) is 19.3 Å².